The first-order valence-corrected chi connectivity index (χ1v) is 10.3. The summed E-state index contributed by atoms with van der Waals surface area (Å²) in [6.45, 7) is 9.80. The summed E-state index contributed by atoms with van der Waals surface area (Å²) < 4.78 is 1.90. The monoisotopic (exact) mass is 376 g/mol. The summed E-state index contributed by atoms with van der Waals surface area (Å²) >= 11 is 0. The van der Waals surface area contributed by atoms with E-state index >= 15 is 0 Å². The average Bonchev–Trinajstić information content (AvgIpc) is 3.03. The smallest absolute Gasteiger partial charge is 0.254 e. The van der Waals surface area contributed by atoms with Crippen LogP contribution in [0.3, 0.4) is 0 Å². The van der Waals surface area contributed by atoms with Gasteiger partial charge in [0.05, 0.1) is 22.3 Å². The van der Waals surface area contributed by atoms with Gasteiger partial charge in [0, 0.05) is 24.7 Å². The van der Waals surface area contributed by atoms with Gasteiger partial charge in [0.15, 0.2) is 5.65 Å². The van der Waals surface area contributed by atoms with Crippen LogP contribution < -0.4 is 0 Å². The van der Waals surface area contributed by atoms with Crippen LogP contribution in [0.5, 0.6) is 0 Å². The molecule has 146 valence electrons. The maximum absolute atomic E-state index is 13.6. The lowest BCUT2D eigenvalue weighted by atomic mass is 9.99. The van der Waals surface area contributed by atoms with E-state index in [1.807, 2.05) is 22.6 Å². The topological polar surface area (TPSA) is 51.0 Å². The zero-order chi connectivity index (χ0) is 19.8. The van der Waals surface area contributed by atoms with E-state index in [0.29, 0.717) is 0 Å². The summed E-state index contributed by atoms with van der Waals surface area (Å²) in [6, 6.07) is 10.5. The van der Waals surface area contributed by atoms with Crippen molar-refractivity contribution in [1.82, 2.24) is 19.7 Å². The zero-order valence-corrected chi connectivity index (χ0v) is 17.2. The molecule has 3 aromatic rings. The van der Waals surface area contributed by atoms with E-state index in [0.717, 1.165) is 59.5 Å². The van der Waals surface area contributed by atoms with Crippen molar-refractivity contribution in [2.24, 2.45) is 0 Å². The Morgan fingerprint density at radius 2 is 1.93 bits per heavy atom. The highest BCUT2D eigenvalue weighted by molar-refractivity contribution is 6.07. The Morgan fingerprint density at radius 1 is 1.18 bits per heavy atom. The van der Waals surface area contributed by atoms with E-state index in [-0.39, 0.29) is 11.9 Å². The molecule has 1 unspecified atom stereocenters. The summed E-state index contributed by atoms with van der Waals surface area (Å²) in [5.41, 5.74) is 5.45. The summed E-state index contributed by atoms with van der Waals surface area (Å²) in [4.78, 5) is 20.5. The van der Waals surface area contributed by atoms with Crippen LogP contribution in [-0.2, 0) is 6.54 Å². The molecule has 1 aliphatic rings. The van der Waals surface area contributed by atoms with Crippen molar-refractivity contribution in [3.05, 3.63) is 47.2 Å². The summed E-state index contributed by atoms with van der Waals surface area (Å²) in [5, 5.41) is 5.54. The number of nitrogens with zero attached hydrogens (tertiary/aromatic N) is 4. The molecule has 1 atom stereocenters. The molecule has 1 amide bonds. The Bertz CT molecular complexity index is 1020. The molecule has 1 fully saturated rings. The fraction of sp³-hybridized carbons (Fsp3) is 0.435. The Labute approximate surface area is 166 Å². The number of rotatable bonds is 3. The van der Waals surface area contributed by atoms with Gasteiger partial charge in [0.25, 0.3) is 5.91 Å². The fourth-order valence-corrected chi connectivity index (χ4v) is 4.17. The number of hydrogen-bond acceptors (Lipinski definition) is 3. The van der Waals surface area contributed by atoms with Gasteiger partial charge in [0.2, 0.25) is 0 Å². The SMILES string of the molecule is CCn1nc(C)c2c(C(=O)N3CCCCC3C)cc(-c3ccc(C)cc3)nc21. The van der Waals surface area contributed by atoms with Crippen molar-refractivity contribution in [2.45, 2.75) is 59.5 Å². The second-order valence-electron chi connectivity index (χ2n) is 7.86. The Hall–Kier alpha value is -2.69. The first-order valence-electron chi connectivity index (χ1n) is 10.3. The third kappa shape index (κ3) is 3.19. The molecule has 5 nitrogen and oxygen atoms in total. The first kappa shape index (κ1) is 18.7. The van der Waals surface area contributed by atoms with E-state index in [1.54, 1.807) is 0 Å². The summed E-state index contributed by atoms with van der Waals surface area (Å²) in [6.07, 6.45) is 3.33. The number of aromatic nitrogens is 3. The Kier molecular flexibility index (Phi) is 4.92. The zero-order valence-electron chi connectivity index (χ0n) is 17.2. The van der Waals surface area contributed by atoms with Crippen LogP contribution in [-0.4, -0.2) is 38.2 Å². The van der Waals surface area contributed by atoms with Crippen LogP contribution in [0.2, 0.25) is 0 Å². The molecular weight excluding hydrogens is 348 g/mol. The van der Waals surface area contributed by atoms with Gasteiger partial charge in [-0.1, -0.05) is 29.8 Å². The number of amides is 1. The molecule has 0 spiro atoms. The predicted octanol–water partition coefficient (Wildman–Crippen LogP) is 4.75. The van der Waals surface area contributed by atoms with Crippen LogP contribution in [0.15, 0.2) is 30.3 Å². The van der Waals surface area contributed by atoms with Crippen molar-refractivity contribution >= 4 is 16.9 Å². The number of aryl methyl sites for hydroxylation is 3. The maximum Gasteiger partial charge on any atom is 0.254 e. The van der Waals surface area contributed by atoms with Gasteiger partial charge in [-0.2, -0.15) is 5.10 Å². The molecule has 1 aromatic carbocycles. The molecule has 0 N–H and O–H groups in total. The second-order valence-corrected chi connectivity index (χ2v) is 7.86. The average molecular weight is 377 g/mol. The van der Waals surface area contributed by atoms with E-state index in [1.165, 1.54) is 12.0 Å². The summed E-state index contributed by atoms with van der Waals surface area (Å²) in [7, 11) is 0. The minimum absolute atomic E-state index is 0.103. The van der Waals surface area contributed by atoms with Gasteiger partial charge < -0.3 is 4.90 Å². The maximum atomic E-state index is 13.6. The van der Waals surface area contributed by atoms with Crippen LogP contribution in [0, 0.1) is 13.8 Å². The molecule has 5 heteroatoms. The number of pyridine rings is 1. The van der Waals surface area contributed by atoms with Crippen molar-refractivity contribution in [1.29, 1.82) is 0 Å². The summed E-state index contributed by atoms with van der Waals surface area (Å²) in [5.74, 6) is 0.103. The minimum atomic E-state index is 0.103. The number of benzene rings is 1. The molecule has 1 aliphatic heterocycles. The second kappa shape index (κ2) is 7.38. The molecule has 1 saturated heterocycles. The third-order valence-electron chi connectivity index (χ3n) is 5.82. The van der Waals surface area contributed by atoms with E-state index in [2.05, 4.69) is 50.1 Å². The first-order chi connectivity index (χ1) is 13.5. The molecular formula is C23H28N4O. The number of fused-ring (bicyclic) bond motifs is 1. The third-order valence-corrected chi connectivity index (χ3v) is 5.82. The van der Waals surface area contributed by atoms with E-state index < -0.39 is 0 Å². The Morgan fingerprint density at radius 3 is 2.61 bits per heavy atom. The van der Waals surface area contributed by atoms with Crippen molar-refractivity contribution in [3.8, 4) is 11.3 Å². The van der Waals surface area contributed by atoms with E-state index in [9.17, 15) is 4.79 Å². The number of likely N-dealkylation sites (tertiary alicyclic amines) is 1. The largest absolute Gasteiger partial charge is 0.336 e. The minimum Gasteiger partial charge on any atom is -0.336 e. The molecule has 2 aromatic heterocycles. The highest BCUT2D eigenvalue weighted by atomic mass is 16.2. The molecule has 0 bridgehead atoms. The lowest BCUT2D eigenvalue weighted by Gasteiger charge is -2.33. The van der Waals surface area contributed by atoms with Crippen LogP contribution in [0.4, 0.5) is 0 Å². The highest BCUT2D eigenvalue weighted by Crippen LogP contribution is 2.30. The van der Waals surface area contributed by atoms with Crippen LogP contribution in [0.25, 0.3) is 22.3 Å². The van der Waals surface area contributed by atoms with Gasteiger partial charge in [-0.3, -0.25) is 4.79 Å². The van der Waals surface area contributed by atoms with Crippen LogP contribution in [0.1, 0.15) is 54.7 Å². The van der Waals surface area contributed by atoms with Gasteiger partial charge in [-0.25, -0.2) is 9.67 Å². The molecule has 0 radical (unpaired) electrons. The molecule has 3 heterocycles. The quantitative estimate of drug-likeness (QED) is 0.663. The normalized spacial score (nSPS) is 17.3. The van der Waals surface area contributed by atoms with E-state index in [4.69, 9.17) is 4.98 Å². The van der Waals surface area contributed by atoms with Crippen molar-refractivity contribution < 1.29 is 4.79 Å². The van der Waals surface area contributed by atoms with Gasteiger partial charge in [0.1, 0.15) is 0 Å². The molecule has 0 aliphatic carbocycles. The van der Waals surface area contributed by atoms with Crippen LogP contribution >= 0.6 is 0 Å². The predicted molar refractivity (Wildman–Crippen MR) is 112 cm³/mol. The molecule has 4 rings (SSSR count). The number of carbonyl (C=O) groups excluding carboxylic acids is 1. The van der Waals surface area contributed by atoms with Crippen molar-refractivity contribution in [3.63, 3.8) is 0 Å². The lowest BCUT2D eigenvalue weighted by Crippen LogP contribution is -2.42. The van der Waals surface area contributed by atoms with Gasteiger partial charge in [-0.05, 0) is 53.0 Å². The number of hydrogen-bond donors (Lipinski definition) is 0. The lowest BCUT2D eigenvalue weighted by molar-refractivity contribution is 0.0637. The number of carbonyl (C=O) groups is 1. The molecule has 0 saturated carbocycles. The van der Waals surface area contributed by atoms with Crippen molar-refractivity contribution in [2.75, 3.05) is 6.54 Å². The fourth-order valence-electron chi connectivity index (χ4n) is 4.17. The molecule has 28 heavy (non-hydrogen) atoms. The van der Waals surface area contributed by atoms with Gasteiger partial charge in [-0.15, -0.1) is 0 Å². The standard InChI is InChI=1S/C23H28N4O/c1-5-27-22-21(17(4)25-27)19(23(28)26-13-7-6-8-16(26)3)14-20(24-22)18-11-9-15(2)10-12-18/h9-12,14,16H,5-8,13H2,1-4H3. The Balaban J connectivity index is 1.91. The highest BCUT2D eigenvalue weighted by Gasteiger charge is 2.28. The van der Waals surface area contributed by atoms with Gasteiger partial charge >= 0.3 is 0 Å². The number of piperidine rings is 1.